The first-order valence-electron chi connectivity index (χ1n) is 21.1. The van der Waals surface area contributed by atoms with E-state index in [1.165, 1.54) is 0 Å². The predicted molar refractivity (Wildman–Crippen MR) is 194 cm³/mol. The average molecular weight is 804 g/mol. The van der Waals surface area contributed by atoms with Crippen LogP contribution in [0.5, 0.6) is 0 Å². The fraction of sp³-hybridized carbons (Fsp3) is 0.976. The molecule has 0 radical (unpaired) electrons. The Bertz CT molecular complexity index is 1110. The molecule has 0 atom stereocenters. The van der Waals surface area contributed by atoms with Gasteiger partial charge in [-0.2, -0.15) is 26.3 Å². The molecule has 0 aromatic heterocycles. The van der Waals surface area contributed by atoms with Gasteiger partial charge >= 0.3 is 12.4 Å². The molecule has 0 unspecified atom stereocenters. The highest BCUT2D eigenvalue weighted by atomic mass is 35.5. The number of ether oxygens (including phenoxy) is 3. The molecule has 0 aromatic rings. The summed E-state index contributed by atoms with van der Waals surface area (Å²) in [4.78, 5) is 13.1. The lowest BCUT2D eigenvalue weighted by molar-refractivity contribution is -0.383. The molecule has 0 saturated heterocycles. The molecule has 12 heteroatoms. The van der Waals surface area contributed by atoms with Crippen molar-refractivity contribution in [3.05, 3.63) is 0 Å². The monoisotopic (exact) mass is 802 g/mol. The minimum absolute atomic E-state index is 0.00334. The van der Waals surface area contributed by atoms with Crippen molar-refractivity contribution >= 4 is 29.0 Å². The predicted octanol–water partition coefficient (Wildman–Crippen LogP) is 12.3. The van der Waals surface area contributed by atoms with E-state index in [1.807, 2.05) is 0 Å². The summed E-state index contributed by atoms with van der Waals surface area (Å²) in [7, 11) is 0. The van der Waals surface area contributed by atoms with E-state index in [2.05, 4.69) is 0 Å². The maximum atomic E-state index is 15.0. The zero-order chi connectivity index (χ0) is 37.8. The summed E-state index contributed by atoms with van der Waals surface area (Å²) in [5.41, 5.74) is -3.72. The third kappa shape index (κ3) is 10.4. The second-order valence-electron chi connectivity index (χ2n) is 17.8. The zero-order valence-corrected chi connectivity index (χ0v) is 32.8. The maximum Gasteiger partial charge on any atom is 0.403 e. The van der Waals surface area contributed by atoms with Gasteiger partial charge in [-0.05, 0) is 172 Å². The Morgan fingerprint density at radius 2 is 0.774 bits per heavy atom. The third-order valence-electron chi connectivity index (χ3n) is 14.4. The van der Waals surface area contributed by atoms with E-state index in [1.54, 1.807) is 0 Å². The molecule has 0 heterocycles. The van der Waals surface area contributed by atoms with Crippen molar-refractivity contribution in [2.24, 2.45) is 35.0 Å². The highest BCUT2D eigenvalue weighted by Crippen LogP contribution is 2.65. The van der Waals surface area contributed by atoms with E-state index in [9.17, 15) is 4.79 Å². The summed E-state index contributed by atoms with van der Waals surface area (Å²) in [5.74, 6) is -2.17. The number of hydrogen-bond acceptors (Lipinski definition) is 4. The van der Waals surface area contributed by atoms with Crippen molar-refractivity contribution in [3.63, 3.8) is 0 Å². The fourth-order valence-corrected chi connectivity index (χ4v) is 11.8. The Balaban J connectivity index is 0.955. The molecule has 0 spiro atoms. The molecule has 0 bridgehead atoms. The van der Waals surface area contributed by atoms with Crippen LogP contribution in [0.25, 0.3) is 0 Å². The lowest BCUT2D eigenvalue weighted by atomic mass is 9.57. The van der Waals surface area contributed by atoms with Gasteiger partial charge in [-0.1, -0.05) is 0 Å². The highest BCUT2D eigenvalue weighted by molar-refractivity contribution is 6.20. The molecule has 0 amide bonds. The number of carbonyl (C=O) groups is 1. The number of rotatable bonds is 11. The Morgan fingerprint density at radius 1 is 0.453 bits per heavy atom. The molecule has 0 aliphatic heterocycles. The van der Waals surface area contributed by atoms with Gasteiger partial charge in [0.2, 0.25) is 0 Å². The average Bonchev–Trinajstić information content (AvgIpc) is 3.13. The van der Waals surface area contributed by atoms with Crippen LogP contribution in [0.2, 0.25) is 0 Å². The molecule has 306 valence electrons. The first-order valence-corrected chi connectivity index (χ1v) is 22.0. The second-order valence-corrected chi connectivity index (χ2v) is 19.0. The largest absolute Gasteiger partial charge is 0.403 e. The van der Waals surface area contributed by atoms with Crippen LogP contribution in [0.4, 0.5) is 26.3 Å². The number of Topliss-reactive ketones (excluding diaryl/α,β-unsaturated/α-hetero) is 1. The highest BCUT2D eigenvalue weighted by Gasteiger charge is 2.76. The van der Waals surface area contributed by atoms with Gasteiger partial charge in [-0.3, -0.25) is 4.79 Å². The van der Waals surface area contributed by atoms with E-state index in [0.29, 0.717) is 24.5 Å². The van der Waals surface area contributed by atoms with Gasteiger partial charge in [0.15, 0.2) is 5.41 Å². The van der Waals surface area contributed by atoms with E-state index >= 15 is 26.3 Å². The van der Waals surface area contributed by atoms with E-state index < -0.39 is 29.6 Å². The molecule has 4 nitrogen and oxygen atoms in total. The molecule has 53 heavy (non-hydrogen) atoms. The van der Waals surface area contributed by atoms with Gasteiger partial charge in [-0.25, -0.2) is 0 Å². The van der Waals surface area contributed by atoms with Crippen molar-refractivity contribution < 1.29 is 45.3 Å². The summed E-state index contributed by atoms with van der Waals surface area (Å²) in [6.07, 6.45) is 2.83. The van der Waals surface area contributed by atoms with Crippen molar-refractivity contribution in [3.8, 4) is 0 Å². The van der Waals surface area contributed by atoms with Crippen LogP contribution in [0.15, 0.2) is 0 Å². The van der Waals surface area contributed by atoms with Crippen LogP contribution in [0.1, 0.15) is 154 Å². The smallest absolute Gasteiger partial charge is 0.378 e. The molecule has 0 aromatic carbocycles. The van der Waals surface area contributed by atoms with Crippen LogP contribution in [-0.4, -0.2) is 66.0 Å². The van der Waals surface area contributed by atoms with Gasteiger partial charge in [0.1, 0.15) is 5.78 Å². The van der Waals surface area contributed by atoms with Gasteiger partial charge in [0, 0.05) is 29.2 Å². The topological polar surface area (TPSA) is 44.8 Å². The van der Waals surface area contributed by atoms with Gasteiger partial charge in [0.05, 0.1) is 30.5 Å². The summed E-state index contributed by atoms with van der Waals surface area (Å²) in [5, 5.41) is 0.410. The van der Waals surface area contributed by atoms with Gasteiger partial charge < -0.3 is 14.2 Å². The van der Waals surface area contributed by atoms with E-state index in [-0.39, 0.29) is 104 Å². The Kier molecular flexibility index (Phi) is 14.8. The standard InChI is InChI=1S/C41H62Cl2F6O4/c42-31-11-3-27(4-12-31)38(50)28-5-17-35(18-6-28)53-37-21-9-30(10-22-37)39(40(44,45)46,41(47,48)49)29-7-19-36(20-8-29)52-34-15-1-26(2-16-34)25-51-33-23-13-32(43)14-24-33/h26-37H,1-25H2. The first kappa shape index (κ1) is 42.3. The number of alkyl halides is 8. The number of ketones is 1. The normalized spacial score (nSPS) is 39.8. The lowest BCUT2D eigenvalue weighted by Crippen LogP contribution is -2.61. The third-order valence-corrected chi connectivity index (χ3v) is 15.3. The van der Waals surface area contributed by atoms with Crippen LogP contribution in [0, 0.1) is 35.0 Å². The molecule has 6 aliphatic carbocycles. The van der Waals surface area contributed by atoms with Crippen LogP contribution < -0.4 is 0 Å². The van der Waals surface area contributed by atoms with Crippen molar-refractivity contribution in [2.75, 3.05) is 6.61 Å². The van der Waals surface area contributed by atoms with Gasteiger partial charge in [-0.15, -0.1) is 23.2 Å². The molecule has 6 saturated carbocycles. The summed E-state index contributed by atoms with van der Waals surface area (Å²) in [6, 6.07) is 0. The molecular formula is C41H62Cl2F6O4. The molecule has 6 rings (SSSR count). The van der Waals surface area contributed by atoms with Crippen LogP contribution in [0.3, 0.4) is 0 Å². The quantitative estimate of drug-likeness (QED) is 0.154. The Labute approximate surface area is 322 Å². The summed E-state index contributed by atoms with van der Waals surface area (Å²) >= 11 is 12.4. The lowest BCUT2D eigenvalue weighted by Gasteiger charge is -2.51. The number of halogens is 8. The number of hydrogen-bond donors (Lipinski definition) is 0. The van der Waals surface area contributed by atoms with E-state index in [4.69, 9.17) is 37.4 Å². The van der Waals surface area contributed by atoms with E-state index in [0.717, 1.165) is 96.5 Å². The van der Waals surface area contributed by atoms with Gasteiger partial charge in [0.25, 0.3) is 0 Å². The molecule has 6 aliphatic rings. The van der Waals surface area contributed by atoms with Crippen molar-refractivity contribution in [2.45, 2.75) is 208 Å². The second kappa shape index (κ2) is 18.5. The minimum Gasteiger partial charge on any atom is -0.378 e. The van der Waals surface area contributed by atoms with Crippen molar-refractivity contribution in [1.29, 1.82) is 0 Å². The summed E-state index contributed by atoms with van der Waals surface area (Å²) < 4.78 is 109. The molecule has 6 fully saturated rings. The molecular weight excluding hydrogens is 741 g/mol. The minimum atomic E-state index is -5.40. The number of carbonyl (C=O) groups excluding carboxylic acids is 1. The molecule has 0 N–H and O–H groups in total. The van der Waals surface area contributed by atoms with Crippen LogP contribution in [-0.2, 0) is 19.0 Å². The Morgan fingerprint density at radius 3 is 1.17 bits per heavy atom. The SMILES string of the molecule is O=C(C1CCC(Cl)CC1)C1CCC(OC2CCC(C(C3CCC(OC4CCC(COC5CCC(Cl)CC5)CC4)CC3)(C(F)(F)F)C(F)(F)F)CC2)CC1. The fourth-order valence-electron chi connectivity index (χ4n) is 11.3. The summed E-state index contributed by atoms with van der Waals surface area (Å²) in [6.45, 7) is 0.723. The zero-order valence-electron chi connectivity index (χ0n) is 31.3. The maximum absolute atomic E-state index is 15.0. The first-order chi connectivity index (χ1) is 25.2. The van der Waals surface area contributed by atoms with Crippen molar-refractivity contribution in [1.82, 2.24) is 0 Å². The Hall–Kier alpha value is -0.290. The van der Waals surface area contributed by atoms with Crippen LogP contribution >= 0.6 is 23.2 Å².